The third kappa shape index (κ3) is 1.62. The Morgan fingerprint density at radius 3 is 1.82 bits per heavy atom. The van der Waals surface area contributed by atoms with E-state index in [2.05, 4.69) is 76.7 Å². The molecule has 0 unspecified atom stereocenters. The van der Waals surface area contributed by atoms with Gasteiger partial charge in [-0.2, -0.15) is 0 Å². The zero-order valence-electron chi connectivity index (χ0n) is 15.0. The van der Waals surface area contributed by atoms with Crippen molar-refractivity contribution in [1.82, 2.24) is 15.0 Å². The molecule has 0 atom stereocenters. The van der Waals surface area contributed by atoms with Crippen molar-refractivity contribution in [2.24, 2.45) is 0 Å². The van der Waals surface area contributed by atoms with Gasteiger partial charge in [0.2, 0.25) is 0 Å². The highest BCUT2D eigenvalue weighted by Crippen LogP contribution is 2.43. The van der Waals surface area contributed by atoms with Crippen LogP contribution in [0.3, 0.4) is 0 Å². The van der Waals surface area contributed by atoms with Crippen LogP contribution in [0.4, 0.5) is 0 Å². The summed E-state index contributed by atoms with van der Waals surface area (Å²) in [5, 5.41) is 8.63. The number of rotatable bonds is 0. The number of benzene rings is 4. The van der Waals surface area contributed by atoms with Crippen molar-refractivity contribution in [2.45, 2.75) is 0 Å². The maximum absolute atomic E-state index is 4.76. The summed E-state index contributed by atoms with van der Waals surface area (Å²) >= 11 is 0. The van der Waals surface area contributed by atoms with Gasteiger partial charge in [-0.15, -0.1) is 0 Å². The first kappa shape index (κ1) is 14.2. The lowest BCUT2D eigenvalue weighted by atomic mass is 9.98. The second-order valence-corrected chi connectivity index (χ2v) is 7.41. The van der Waals surface area contributed by atoms with E-state index in [9.17, 15) is 0 Å². The summed E-state index contributed by atoms with van der Waals surface area (Å²) in [6.45, 7) is 0. The fourth-order valence-corrected chi connectivity index (χ4v) is 4.79. The van der Waals surface area contributed by atoms with Crippen LogP contribution >= 0.6 is 0 Å². The van der Waals surface area contributed by atoms with Crippen LogP contribution in [0.15, 0.2) is 79.0 Å². The van der Waals surface area contributed by atoms with Crippen LogP contribution < -0.4 is 0 Å². The average Bonchev–Trinajstić information content (AvgIpc) is 3.32. The van der Waals surface area contributed by atoms with E-state index in [0.717, 1.165) is 27.5 Å². The lowest BCUT2D eigenvalue weighted by Gasteiger charge is -2.07. The van der Waals surface area contributed by atoms with E-state index < -0.39 is 0 Å². The number of aromatic nitrogens is 3. The number of nitrogens with one attached hydrogen (secondary N) is 2. The highest BCUT2D eigenvalue weighted by molar-refractivity contribution is 6.38. The molecule has 4 aromatic carbocycles. The van der Waals surface area contributed by atoms with Gasteiger partial charge in [-0.05, 0) is 18.2 Å². The quantitative estimate of drug-likeness (QED) is 0.293. The van der Waals surface area contributed by atoms with E-state index in [1.54, 1.807) is 0 Å². The number of fused-ring (bicyclic) bond motifs is 12. The monoisotopic (exact) mass is 357 g/mol. The molecule has 0 amide bonds. The molecule has 28 heavy (non-hydrogen) atoms. The van der Waals surface area contributed by atoms with Crippen LogP contribution in [-0.2, 0) is 0 Å². The molecule has 130 valence electrons. The number of H-pyrrole nitrogens is 2. The lowest BCUT2D eigenvalue weighted by molar-refractivity contribution is 1.44. The zero-order valence-corrected chi connectivity index (χ0v) is 15.0. The van der Waals surface area contributed by atoms with E-state index in [-0.39, 0.29) is 0 Å². The molecule has 0 saturated heterocycles. The van der Waals surface area contributed by atoms with Gasteiger partial charge >= 0.3 is 0 Å². The molecule has 0 aliphatic carbocycles. The highest BCUT2D eigenvalue weighted by atomic mass is 14.8. The van der Waals surface area contributed by atoms with Crippen molar-refractivity contribution in [2.75, 3.05) is 0 Å². The summed E-state index contributed by atoms with van der Waals surface area (Å²) in [7, 11) is 0. The largest absolute Gasteiger partial charge is 0.354 e. The predicted octanol–water partition coefficient (Wildman–Crippen LogP) is 6.66. The molecule has 0 spiro atoms. The number of nitrogens with zero attached hydrogens (tertiary/aromatic N) is 1. The summed E-state index contributed by atoms with van der Waals surface area (Å²) in [4.78, 5) is 12.2. The first-order chi connectivity index (χ1) is 13.9. The Balaban J connectivity index is 1.95. The van der Waals surface area contributed by atoms with Crippen molar-refractivity contribution >= 4 is 65.3 Å². The minimum Gasteiger partial charge on any atom is -0.354 e. The summed E-state index contributed by atoms with van der Waals surface area (Å²) in [6.07, 6.45) is 2.01. The third-order valence-electron chi connectivity index (χ3n) is 5.96. The molecule has 0 radical (unpaired) electrons. The van der Waals surface area contributed by atoms with E-state index >= 15 is 0 Å². The standard InChI is InChI=1S/C25H15N3/c1-4-10-18-14(7-1)21-17(13-26-18)24-22(15-8-2-5-11-19(15)27-24)23-16-9-3-6-12-20(16)28-25(21)23/h1-13,27-28H. The Bertz CT molecular complexity index is 1720. The van der Waals surface area contributed by atoms with Gasteiger partial charge in [0.05, 0.1) is 16.6 Å². The van der Waals surface area contributed by atoms with Crippen LogP contribution in [0, 0.1) is 0 Å². The minimum absolute atomic E-state index is 1.02. The predicted molar refractivity (Wildman–Crippen MR) is 118 cm³/mol. The molecule has 2 N–H and O–H groups in total. The van der Waals surface area contributed by atoms with Crippen molar-refractivity contribution in [3.05, 3.63) is 79.0 Å². The van der Waals surface area contributed by atoms with Gasteiger partial charge in [0.15, 0.2) is 0 Å². The Kier molecular flexibility index (Phi) is 2.49. The number of para-hydroxylation sites is 3. The first-order valence-electron chi connectivity index (χ1n) is 9.50. The number of aromatic amines is 2. The normalized spacial score (nSPS) is 12.3. The molecule has 3 heterocycles. The van der Waals surface area contributed by atoms with Crippen LogP contribution in [0.1, 0.15) is 0 Å². The SMILES string of the molecule is c1ccc2c(c1)ncc1c3[nH]c4ccccc4c3c3c4ccccc4[nH]c3c21. The second kappa shape index (κ2) is 4.90. The van der Waals surface area contributed by atoms with Crippen molar-refractivity contribution in [1.29, 1.82) is 0 Å². The van der Waals surface area contributed by atoms with E-state index in [0.29, 0.717) is 0 Å². The lowest BCUT2D eigenvalue weighted by Crippen LogP contribution is -1.85. The molecule has 0 aliphatic rings. The Labute approximate surface area is 159 Å². The molecule has 0 saturated carbocycles. The molecule has 3 nitrogen and oxygen atoms in total. The molecule has 3 aromatic heterocycles. The van der Waals surface area contributed by atoms with Gasteiger partial charge < -0.3 is 9.97 Å². The molecule has 3 heteroatoms. The molecular formula is C25H15N3. The third-order valence-corrected chi connectivity index (χ3v) is 5.96. The topological polar surface area (TPSA) is 44.5 Å². The Morgan fingerprint density at radius 2 is 1.07 bits per heavy atom. The van der Waals surface area contributed by atoms with Gasteiger partial charge in [-0.1, -0.05) is 54.6 Å². The molecule has 0 bridgehead atoms. The van der Waals surface area contributed by atoms with Crippen LogP contribution in [-0.4, -0.2) is 15.0 Å². The fraction of sp³-hybridized carbons (Fsp3) is 0. The van der Waals surface area contributed by atoms with Gasteiger partial charge in [0.1, 0.15) is 0 Å². The van der Waals surface area contributed by atoms with Crippen molar-refractivity contribution in [3.8, 4) is 0 Å². The summed E-state index contributed by atoms with van der Waals surface area (Å²) in [5.74, 6) is 0. The van der Waals surface area contributed by atoms with Crippen LogP contribution in [0.25, 0.3) is 65.3 Å². The average molecular weight is 357 g/mol. The number of pyridine rings is 1. The van der Waals surface area contributed by atoms with Crippen molar-refractivity contribution < 1.29 is 0 Å². The van der Waals surface area contributed by atoms with Gasteiger partial charge in [-0.25, -0.2) is 0 Å². The number of hydrogen-bond donors (Lipinski definition) is 2. The maximum atomic E-state index is 4.76. The molecule has 7 rings (SSSR count). The minimum atomic E-state index is 1.02. The molecule has 0 fully saturated rings. The van der Waals surface area contributed by atoms with Gasteiger partial charge in [0, 0.05) is 54.9 Å². The van der Waals surface area contributed by atoms with Crippen LogP contribution in [0.2, 0.25) is 0 Å². The Morgan fingerprint density at radius 1 is 0.500 bits per heavy atom. The second-order valence-electron chi connectivity index (χ2n) is 7.41. The molecule has 0 aliphatic heterocycles. The Hall–Kier alpha value is -3.85. The zero-order chi connectivity index (χ0) is 18.2. The first-order valence-corrected chi connectivity index (χ1v) is 9.50. The van der Waals surface area contributed by atoms with E-state index in [1.807, 2.05) is 12.3 Å². The van der Waals surface area contributed by atoms with Gasteiger partial charge in [-0.3, -0.25) is 4.98 Å². The fourth-order valence-electron chi connectivity index (χ4n) is 4.79. The molecule has 7 aromatic rings. The smallest absolute Gasteiger partial charge is 0.0709 e. The van der Waals surface area contributed by atoms with Crippen molar-refractivity contribution in [3.63, 3.8) is 0 Å². The van der Waals surface area contributed by atoms with Gasteiger partial charge in [0.25, 0.3) is 0 Å². The highest BCUT2D eigenvalue weighted by Gasteiger charge is 2.19. The summed E-state index contributed by atoms with van der Waals surface area (Å²) in [6, 6.07) is 25.5. The molecular weight excluding hydrogens is 342 g/mol. The van der Waals surface area contributed by atoms with E-state index in [1.165, 1.54) is 37.8 Å². The number of hydrogen-bond acceptors (Lipinski definition) is 1. The van der Waals surface area contributed by atoms with Crippen LogP contribution in [0.5, 0.6) is 0 Å². The summed E-state index contributed by atoms with van der Waals surface area (Å²) < 4.78 is 0. The maximum Gasteiger partial charge on any atom is 0.0709 e. The van der Waals surface area contributed by atoms with E-state index in [4.69, 9.17) is 4.98 Å². The summed E-state index contributed by atoms with van der Waals surface area (Å²) in [5.41, 5.74) is 5.69.